The van der Waals surface area contributed by atoms with Crippen molar-refractivity contribution in [1.29, 1.82) is 0 Å². The van der Waals surface area contributed by atoms with E-state index in [1.165, 1.54) is 0 Å². The van der Waals surface area contributed by atoms with Crippen molar-refractivity contribution in [3.8, 4) is 5.75 Å². The van der Waals surface area contributed by atoms with E-state index in [0.717, 1.165) is 20.0 Å². The van der Waals surface area contributed by atoms with Crippen LogP contribution in [0.25, 0.3) is 10.9 Å². The molecule has 0 atom stereocenters. The molecule has 0 radical (unpaired) electrons. The second-order valence-corrected chi connectivity index (χ2v) is 6.53. The lowest BCUT2D eigenvalue weighted by molar-refractivity contribution is -0.116. The number of rotatable bonds is 5. The highest BCUT2D eigenvalue weighted by Crippen LogP contribution is 2.20. The van der Waals surface area contributed by atoms with Crippen LogP contribution in [-0.4, -0.2) is 28.3 Å². The minimum atomic E-state index is -0.617. The average molecular weight is 434 g/mol. The molecule has 0 aliphatic carbocycles. The minimum absolute atomic E-state index is 0.234. The number of fused-ring (bicyclic) bond motifs is 1. The zero-order valence-corrected chi connectivity index (χ0v) is 14.8. The Bertz CT molecular complexity index is 918. The van der Waals surface area contributed by atoms with Gasteiger partial charge in [-0.2, -0.15) is 0 Å². The maximum atomic E-state index is 12.3. The number of para-hydroxylation sites is 1. The van der Waals surface area contributed by atoms with Crippen LogP contribution in [0, 0.1) is 3.57 Å². The SMILES string of the molecule is O=C(NCCc1ccc(O)c(I)c1)C(=O)c1c[nH]c2ccccc12. The average Bonchev–Trinajstić information content (AvgIpc) is 3.01. The monoisotopic (exact) mass is 434 g/mol. The van der Waals surface area contributed by atoms with Gasteiger partial charge in [-0.1, -0.05) is 24.3 Å². The summed E-state index contributed by atoms with van der Waals surface area (Å²) in [5.41, 5.74) is 2.19. The van der Waals surface area contributed by atoms with Crippen molar-refractivity contribution in [2.45, 2.75) is 6.42 Å². The van der Waals surface area contributed by atoms with Crippen molar-refractivity contribution >= 4 is 45.2 Å². The lowest BCUT2D eigenvalue weighted by Crippen LogP contribution is -2.32. The molecule has 0 saturated carbocycles. The number of hydrogen-bond acceptors (Lipinski definition) is 3. The van der Waals surface area contributed by atoms with Gasteiger partial charge in [-0.05, 0) is 52.8 Å². The van der Waals surface area contributed by atoms with Crippen molar-refractivity contribution in [1.82, 2.24) is 10.3 Å². The summed E-state index contributed by atoms with van der Waals surface area (Å²) >= 11 is 2.05. The van der Waals surface area contributed by atoms with Gasteiger partial charge in [0.2, 0.25) is 0 Å². The zero-order chi connectivity index (χ0) is 17.1. The molecule has 0 fully saturated rings. The van der Waals surface area contributed by atoms with E-state index < -0.39 is 11.7 Å². The number of H-pyrrole nitrogens is 1. The summed E-state index contributed by atoms with van der Waals surface area (Å²) in [5.74, 6) is -0.932. The Labute approximate surface area is 152 Å². The summed E-state index contributed by atoms with van der Waals surface area (Å²) in [5, 5.41) is 12.9. The van der Waals surface area contributed by atoms with E-state index in [-0.39, 0.29) is 5.75 Å². The second-order valence-electron chi connectivity index (χ2n) is 5.37. The van der Waals surface area contributed by atoms with Gasteiger partial charge in [-0.25, -0.2) is 0 Å². The molecule has 1 heterocycles. The summed E-state index contributed by atoms with van der Waals surface area (Å²) in [6.07, 6.45) is 2.15. The van der Waals surface area contributed by atoms with Crippen molar-refractivity contribution in [2.24, 2.45) is 0 Å². The predicted molar refractivity (Wildman–Crippen MR) is 100 cm³/mol. The Morgan fingerprint density at radius 3 is 2.75 bits per heavy atom. The Morgan fingerprint density at radius 2 is 1.96 bits per heavy atom. The number of aromatic amines is 1. The first kappa shape index (κ1) is 16.5. The second kappa shape index (κ2) is 7.04. The maximum Gasteiger partial charge on any atom is 0.292 e. The van der Waals surface area contributed by atoms with E-state index >= 15 is 0 Å². The normalized spacial score (nSPS) is 10.7. The molecule has 1 amide bonds. The third-order valence-electron chi connectivity index (χ3n) is 3.75. The number of Topliss-reactive ketones (excluding diaryl/α,β-unsaturated/α-hetero) is 1. The van der Waals surface area contributed by atoms with Gasteiger partial charge < -0.3 is 15.4 Å². The summed E-state index contributed by atoms with van der Waals surface area (Å²) in [6.45, 7) is 0.355. The number of phenolic OH excluding ortho intramolecular Hbond substituents is 1. The van der Waals surface area contributed by atoms with E-state index in [1.54, 1.807) is 18.3 Å². The van der Waals surface area contributed by atoms with Gasteiger partial charge in [0.05, 0.1) is 9.13 Å². The van der Waals surface area contributed by atoms with Crippen LogP contribution in [0.15, 0.2) is 48.7 Å². The van der Waals surface area contributed by atoms with Crippen LogP contribution in [0.5, 0.6) is 5.75 Å². The maximum absolute atomic E-state index is 12.3. The fraction of sp³-hybridized carbons (Fsp3) is 0.111. The smallest absolute Gasteiger partial charge is 0.292 e. The highest BCUT2D eigenvalue weighted by atomic mass is 127. The van der Waals surface area contributed by atoms with Crippen LogP contribution in [-0.2, 0) is 11.2 Å². The number of halogens is 1. The largest absolute Gasteiger partial charge is 0.507 e. The lowest BCUT2D eigenvalue weighted by Gasteiger charge is -2.06. The molecular formula is C18H15IN2O3. The van der Waals surface area contributed by atoms with Gasteiger partial charge in [-0.3, -0.25) is 9.59 Å². The number of aromatic hydroxyl groups is 1. The van der Waals surface area contributed by atoms with Crippen LogP contribution >= 0.6 is 22.6 Å². The molecule has 3 aromatic rings. The van der Waals surface area contributed by atoms with Crippen LogP contribution in [0.1, 0.15) is 15.9 Å². The summed E-state index contributed by atoms with van der Waals surface area (Å²) < 4.78 is 0.756. The molecule has 0 unspecified atom stereocenters. The summed E-state index contributed by atoms with van der Waals surface area (Å²) in [6, 6.07) is 12.6. The number of phenols is 1. The summed E-state index contributed by atoms with van der Waals surface area (Å²) in [4.78, 5) is 27.4. The third-order valence-corrected chi connectivity index (χ3v) is 4.62. The molecule has 24 heavy (non-hydrogen) atoms. The van der Waals surface area contributed by atoms with Gasteiger partial charge in [0.15, 0.2) is 0 Å². The number of aromatic nitrogens is 1. The van der Waals surface area contributed by atoms with E-state index in [1.807, 2.05) is 52.9 Å². The lowest BCUT2D eigenvalue weighted by atomic mass is 10.1. The Kier molecular flexibility index (Phi) is 4.84. The molecule has 6 heteroatoms. The van der Waals surface area contributed by atoms with Crippen LogP contribution in [0.2, 0.25) is 0 Å². The molecule has 1 aromatic heterocycles. The Hall–Kier alpha value is -2.35. The topological polar surface area (TPSA) is 82.2 Å². The molecule has 0 saturated heterocycles. The molecule has 122 valence electrons. The van der Waals surface area contributed by atoms with Crippen molar-refractivity contribution < 1.29 is 14.7 Å². The first-order valence-electron chi connectivity index (χ1n) is 7.42. The van der Waals surface area contributed by atoms with Crippen LogP contribution in [0.4, 0.5) is 0 Å². The van der Waals surface area contributed by atoms with Gasteiger partial charge in [0.1, 0.15) is 5.75 Å². The first-order valence-corrected chi connectivity index (χ1v) is 8.50. The van der Waals surface area contributed by atoms with E-state index in [4.69, 9.17) is 0 Å². The molecule has 2 aromatic carbocycles. The highest BCUT2D eigenvalue weighted by Gasteiger charge is 2.19. The third kappa shape index (κ3) is 3.43. The van der Waals surface area contributed by atoms with Crippen molar-refractivity contribution in [3.05, 3.63) is 63.4 Å². The predicted octanol–water partition coefficient (Wildman–Crippen LogP) is 3.02. The zero-order valence-electron chi connectivity index (χ0n) is 12.7. The van der Waals surface area contributed by atoms with Gasteiger partial charge in [0.25, 0.3) is 11.7 Å². The van der Waals surface area contributed by atoms with Crippen molar-refractivity contribution in [3.63, 3.8) is 0 Å². The number of benzene rings is 2. The molecule has 0 aliphatic heterocycles. The minimum Gasteiger partial charge on any atom is -0.507 e. The number of amides is 1. The number of ketones is 1. The van der Waals surface area contributed by atoms with E-state index in [9.17, 15) is 14.7 Å². The van der Waals surface area contributed by atoms with E-state index in [0.29, 0.717) is 18.5 Å². The van der Waals surface area contributed by atoms with Gasteiger partial charge in [-0.15, -0.1) is 0 Å². The quantitative estimate of drug-likeness (QED) is 0.328. The van der Waals surface area contributed by atoms with Crippen molar-refractivity contribution in [2.75, 3.05) is 6.54 Å². The van der Waals surface area contributed by atoms with Gasteiger partial charge >= 0.3 is 0 Å². The fourth-order valence-electron chi connectivity index (χ4n) is 2.49. The van der Waals surface area contributed by atoms with Crippen LogP contribution in [0.3, 0.4) is 0 Å². The molecule has 5 nitrogen and oxygen atoms in total. The molecule has 0 bridgehead atoms. The Morgan fingerprint density at radius 1 is 1.17 bits per heavy atom. The highest BCUT2D eigenvalue weighted by molar-refractivity contribution is 14.1. The number of nitrogens with one attached hydrogen (secondary N) is 2. The molecule has 0 aliphatic rings. The molecule has 0 spiro atoms. The standard InChI is InChI=1S/C18H15IN2O3/c19-14-9-11(5-6-16(14)22)7-8-20-18(24)17(23)13-10-21-15-4-2-1-3-12(13)15/h1-6,9-10,21-22H,7-8H2,(H,20,24). The molecule has 3 rings (SSSR count). The number of carbonyl (C=O) groups is 2. The number of carbonyl (C=O) groups excluding carboxylic acids is 2. The summed E-state index contributed by atoms with van der Waals surface area (Å²) in [7, 11) is 0. The molecular weight excluding hydrogens is 419 g/mol. The first-order chi connectivity index (χ1) is 11.6. The molecule has 3 N–H and O–H groups in total. The Balaban J connectivity index is 1.62. The fourth-order valence-corrected chi connectivity index (χ4v) is 3.07. The van der Waals surface area contributed by atoms with Crippen LogP contribution < -0.4 is 5.32 Å². The number of hydrogen-bond donors (Lipinski definition) is 3. The van der Waals surface area contributed by atoms with E-state index in [2.05, 4.69) is 10.3 Å². The van der Waals surface area contributed by atoms with Gasteiger partial charge in [0, 0.05) is 23.6 Å².